The van der Waals surface area contributed by atoms with E-state index in [1.54, 1.807) is 3.40 Å². The molecule has 0 amide bonds. The Morgan fingerprint density at radius 2 is 2.17 bits per heavy atom. The molecule has 0 N–H and O–H groups in total. The van der Waals surface area contributed by atoms with Gasteiger partial charge in [-0.05, 0) is 0 Å². The summed E-state index contributed by atoms with van der Waals surface area (Å²) in [7, 11) is 0. The van der Waals surface area contributed by atoms with E-state index in [-0.39, 0.29) is 20.4 Å². The first-order valence-corrected chi connectivity index (χ1v) is 6.87. The quantitative estimate of drug-likeness (QED) is 0.737. The fourth-order valence-corrected chi connectivity index (χ4v) is 3.88. The van der Waals surface area contributed by atoms with Gasteiger partial charge >= 0.3 is 82.9 Å². The van der Waals surface area contributed by atoms with Crippen LogP contribution in [0.2, 0.25) is 0 Å². The van der Waals surface area contributed by atoms with Gasteiger partial charge in [-0.15, -0.1) is 0 Å². The monoisotopic (exact) mass is 274 g/mol. The van der Waals surface area contributed by atoms with Gasteiger partial charge in [-0.25, -0.2) is 0 Å². The normalized spacial score (nSPS) is 10.8. The van der Waals surface area contributed by atoms with Gasteiger partial charge in [0, 0.05) is 0 Å². The SMILES string of the molecule is CCCc1ccc2cc[te]c2c1. The summed E-state index contributed by atoms with van der Waals surface area (Å²) in [5.41, 5.74) is 1.52. The molecule has 0 bridgehead atoms. The molecule has 62 valence electrons. The van der Waals surface area contributed by atoms with Crippen molar-refractivity contribution < 1.29 is 0 Å². The second kappa shape index (κ2) is 3.64. The second-order valence-electron chi connectivity index (χ2n) is 3.04. The Kier molecular flexibility index (Phi) is 2.54. The van der Waals surface area contributed by atoms with Gasteiger partial charge < -0.3 is 0 Å². The number of rotatable bonds is 2. The standard InChI is InChI=1S/C11H12Te/c1-2-3-9-4-5-10-6-7-12-11(10)8-9/h4-8H,2-3H2,1H3. The van der Waals surface area contributed by atoms with E-state index in [4.69, 9.17) is 0 Å². The molecule has 0 fully saturated rings. The number of hydrogen-bond donors (Lipinski definition) is 0. The van der Waals surface area contributed by atoms with E-state index in [0.717, 1.165) is 0 Å². The molecule has 0 aliphatic rings. The number of fused-ring (bicyclic) bond motifs is 1. The molecule has 12 heavy (non-hydrogen) atoms. The molecule has 0 saturated heterocycles. The van der Waals surface area contributed by atoms with Crippen LogP contribution in [0.15, 0.2) is 28.3 Å². The third-order valence-electron chi connectivity index (χ3n) is 2.06. The molecule has 0 radical (unpaired) electrons. The molecule has 1 heteroatoms. The van der Waals surface area contributed by atoms with Crippen molar-refractivity contribution >= 4 is 29.2 Å². The average Bonchev–Trinajstić information content (AvgIpc) is 2.51. The molecule has 0 unspecified atom stereocenters. The zero-order chi connectivity index (χ0) is 8.39. The van der Waals surface area contributed by atoms with E-state index in [0.29, 0.717) is 0 Å². The predicted octanol–water partition coefficient (Wildman–Crippen LogP) is 2.85. The molecule has 1 aromatic heterocycles. The Labute approximate surface area is 82.8 Å². The molecule has 0 aliphatic carbocycles. The maximum atomic E-state index is 2.40. The van der Waals surface area contributed by atoms with E-state index in [9.17, 15) is 0 Å². The van der Waals surface area contributed by atoms with Crippen LogP contribution in [0.3, 0.4) is 0 Å². The Morgan fingerprint density at radius 1 is 1.25 bits per heavy atom. The molecule has 0 nitrogen and oxygen atoms in total. The van der Waals surface area contributed by atoms with Gasteiger partial charge in [-0.2, -0.15) is 0 Å². The van der Waals surface area contributed by atoms with Crippen molar-refractivity contribution in [1.29, 1.82) is 0 Å². The molecule has 1 aromatic carbocycles. The fraction of sp³-hybridized carbons (Fsp3) is 0.273. The van der Waals surface area contributed by atoms with Gasteiger partial charge in [0.25, 0.3) is 0 Å². The van der Waals surface area contributed by atoms with Crippen LogP contribution >= 0.6 is 0 Å². The molecule has 0 spiro atoms. The van der Waals surface area contributed by atoms with Crippen molar-refractivity contribution in [2.45, 2.75) is 19.8 Å². The summed E-state index contributed by atoms with van der Waals surface area (Å²) in [5, 5.41) is 1.47. The van der Waals surface area contributed by atoms with Crippen LogP contribution in [0.1, 0.15) is 18.9 Å². The summed E-state index contributed by atoms with van der Waals surface area (Å²) in [6, 6.07) is 9.22. The Balaban J connectivity index is 2.46. The average molecular weight is 272 g/mol. The zero-order valence-corrected chi connectivity index (χ0v) is 9.54. The fourth-order valence-electron chi connectivity index (χ4n) is 1.44. The van der Waals surface area contributed by atoms with Crippen LogP contribution in [0.4, 0.5) is 0 Å². The van der Waals surface area contributed by atoms with Crippen LogP contribution in [0.25, 0.3) is 8.79 Å². The summed E-state index contributed by atoms with van der Waals surface area (Å²) in [6.07, 6.45) is 2.49. The third-order valence-corrected chi connectivity index (χ3v) is 4.57. The molecule has 2 aromatic rings. The minimum absolute atomic E-state index is 0.0468. The van der Waals surface area contributed by atoms with Crippen LogP contribution in [0, 0.1) is 0 Å². The van der Waals surface area contributed by atoms with Gasteiger partial charge in [0.1, 0.15) is 0 Å². The first-order valence-electron chi connectivity index (χ1n) is 4.36. The van der Waals surface area contributed by atoms with Gasteiger partial charge in [-0.1, -0.05) is 0 Å². The molecule has 0 saturated carbocycles. The number of hydrogen-bond acceptors (Lipinski definition) is 0. The summed E-state index contributed by atoms with van der Waals surface area (Å²) >= 11 is 0.0468. The molecular formula is C11H12Te. The number of aryl methyl sites for hydroxylation is 1. The van der Waals surface area contributed by atoms with E-state index in [2.05, 4.69) is 35.3 Å². The van der Waals surface area contributed by atoms with E-state index in [1.807, 2.05) is 0 Å². The Bertz CT molecular complexity index is 373. The van der Waals surface area contributed by atoms with Crippen molar-refractivity contribution in [1.82, 2.24) is 0 Å². The summed E-state index contributed by atoms with van der Waals surface area (Å²) in [5.74, 6) is 0. The predicted molar refractivity (Wildman–Crippen MR) is 54.9 cm³/mol. The van der Waals surface area contributed by atoms with Crippen molar-refractivity contribution in [2.24, 2.45) is 0 Å². The van der Waals surface area contributed by atoms with E-state index < -0.39 is 0 Å². The van der Waals surface area contributed by atoms with Gasteiger partial charge in [0.15, 0.2) is 0 Å². The maximum absolute atomic E-state index is 2.40. The van der Waals surface area contributed by atoms with Crippen molar-refractivity contribution in [3.63, 3.8) is 0 Å². The van der Waals surface area contributed by atoms with Crippen molar-refractivity contribution in [2.75, 3.05) is 0 Å². The van der Waals surface area contributed by atoms with Crippen LogP contribution in [0.5, 0.6) is 0 Å². The van der Waals surface area contributed by atoms with Gasteiger partial charge in [0.2, 0.25) is 0 Å². The summed E-state index contributed by atoms with van der Waals surface area (Å²) in [6.45, 7) is 2.24. The first-order chi connectivity index (χ1) is 5.90. The van der Waals surface area contributed by atoms with E-state index in [1.165, 1.54) is 23.8 Å². The van der Waals surface area contributed by atoms with Crippen LogP contribution < -0.4 is 0 Å². The third kappa shape index (κ3) is 1.58. The van der Waals surface area contributed by atoms with Crippen LogP contribution in [-0.4, -0.2) is 20.4 Å². The van der Waals surface area contributed by atoms with Gasteiger partial charge in [0.05, 0.1) is 0 Å². The number of benzene rings is 1. The molecule has 1 heterocycles. The first kappa shape index (κ1) is 8.35. The molecule has 0 atom stereocenters. The van der Waals surface area contributed by atoms with Gasteiger partial charge in [-0.3, -0.25) is 0 Å². The van der Waals surface area contributed by atoms with E-state index >= 15 is 0 Å². The van der Waals surface area contributed by atoms with Crippen molar-refractivity contribution in [3.8, 4) is 0 Å². The summed E-state index contributed by atoms with van der Waals surface area (Å²) < 4.78 is 4.00. The second-order valence-corrected chi connectivity index (χ2v) is 5.75. The molecular weight excluding hydrogens is 260 g/mol. The Morgan fingerprint density at radius 3 is 3.00 bits per heavy atom. The Hall–Kier alpha value is -0.250. The zero-order valence-electron chi connectivity index (χ0n) is 7.21. The van der Waals surface area contributed by atoms with Crippen LogP contribution in [-0.2, 0) is 6.42 Å². The summed E-state index contributed by atoms with van der Waals surface area (Å²) in [4.78, 5) is 0. The molecule has 2 rings (SSSR count). The van der Waals surface area contributed by atoms with Crippen molar-refractivity contribution in [3.05, 3.63) is 33.9 Å². The minimum atomic E-state index is 0.0468. The molecule has 0 aliphatic heterocycles. The topological polar surface area (TPSA) is 0 Å².